The number of alkyl halides is 3. The number of nitrogens with zero attached hydrogens (tertiary/aromatic N) is 4. The second kappa shape index (κ2) is 7.78. The Balaban J connectivity index is 1.62. The number of benzene rings is 1. The lowest BCUT2D eigenvalue weighted by atomic mass is 10.1. The molecule has 1 aromatic heterocycles. The van der Waals surface area contributed by atoms with Crippen molar-refractivity contribution in [2.24, 2.45) is 0 Å². The maximum atomic E-state index is 13.0. The molecule has 0 atom stereocenters. The van der Waals surface area contributed by atoms with Gasteiger partial charge < -0.3 is 20.4 Å². The summed E-state index contributed by atoms with van der Waals surface area (Å²) in [5, 5.41) is 4.64. The minimum absolute atomic E-state index is 0.287. The van der Waals surface area contributed by atoms with Crippen LogP contribution in [0.15, 0.2) is 36.7 Å². The van der Waals surface area contributed by atoms with Crippen LogP contribution >= 0.6 is 0 Å². The highest BCUT2D eigenvalue weighted by Crippen LogP contribution is 2.34. The van der Waals surface area contributed by atoms with Gasteiger partial charge in [-0.2, -0.15) is 13.2 Å². The predicted molar refractivity (Wildman–Crippen MR) is 95.8 cm³/mol. The topological polar surface area (TPSA) is 73.4 Å². The van der Waals surface area contributed by atoms with Gasteiger partial charge in [-0.1, -0.05) is 12.1 Å². The van der Waals surface area contributed by atoms with E-state index in [2.05, 4.69) is 25.5 Å². The van der Waals surface area contributed by atoms with Crippen LogP contribution in [0, 0.1) is 0 Å². The maximum Gasteiger partial charge on any atom is 0.418 e. The number of piperazine rings is 1. The van der Waals surface area contributed by atoms with E-state index in [1.165, 1.54) is 30.6 Å². The Morgan fingerprint density at radius 3 is 2.30 bits per heavy atom. The van der Waals surface area contributed by atoms with E-state index in [1.54, 1.807) is 0 Å². The van der Waals surface area contributed by atoms with E-state index in [-0.39, 0.29) is 11.4 Å². The molecule has 1 fully saturated rings. The molecule has 1 aliphatic heterocycles. The standard InChI is InChI=1S/C17H19F3N6O/c1-25-6-8-26(9-7-25)15-21-10-12(11-22-15)23-16(27)24-14-5-3-2-4-13(14)17(18,19)20/h2-5,10-11H,6-9H2,1H3,(H2,23,24,27). The molecule has 2 amide bonds. The Kier molecular flexibility index (Phi) is 5.45. The number of urea groups is 1. The van der Waals surface area contributed by atoms with Crippen molar-refractivity contribution in [1.82, 2.24) is 14.9 Å². The largest absolute Gasteiger partial charge is 0.418 e. The lowest BCUT2D eigenvalue weighted by Crippen LogP contribution is -2.45. The first-order valence-corrected chi connectivity index (χ1v) is 8.33. The number of hydrogen-bond acceptors (Lipinski definition) is 5. The average molecular weight is 380 g/mol. The minimum atomic E-state index is -4.56. The smallest absolute Gasteiger partial charge is 0.338 e. The highest BCUT2D eigenvalue weighted by atomic mass is 19.4. The Morgan fingerprint density at radius 1 is 1.04 bits per heavy atom. The second-order valence-corrected chi connectivity index (χ2v) is 6.18. The molecule has 2 aromatic rings. The molecule has 0 bridgehead atoms. The molecule has 3 rings (SSSR count). The first-order chi connectivity index (χ1) is 12.8. The fourth-order valence-electron chi connectivity index (χ4n) is 2.68. The van der Waals surface area contributed by atoms with Gasteiger partial charge in [0.2, 0.25) is 5.95 Å². The number of carbonyl (C=O) groups is 1. The van der Waals surface area contributed by atoms with Crippen LogP contribution in [-0.4, -0.2) is 54.1 Å². The molecule has 2 N–H and O–H groups in total. The summed E-state index contributed by atoms with van der Waals surface area (Å²) >= 11 is 0. The predicted octanol–water partition coefficient (Wildman–Crippen LogP) is 2.89. The maximum absolute atomic E-state index is 13.0. The van der Waals surface area contributed by atoms with Gasteiger partial charge >= 0.3 is 12.2 Å². The molecule has 1 saturated heterocycles. The molecule has 1 aliphatic rings. The molecule has 1 aromatic carbocycles. The van der Waals surface area contributed by atoms with E-state index < -0.39 is 17.8 Å². The summed E-state index contributed by atoms with van der Waals surface area (Å²) in [6.07, 6.45) is -1.71. The number of halogens is 3. The van der Waals surface area contributed by atoms with Crippen LogP contribution in [0.3, 0.4) is 0 Å². The highest BCUT2D eigenvalue weighted by molar-refractivity contribution is 6.00. The number of anilines is 3. The molecule has 0 aliphatic carbocycles. The third kappa shape index (κ3) is 4.85. The van der Waals surface area contributed by atoms with Crippen molar-refractivity contribution < 1.29 is 18.0 Å². The molecular weight excluding hydrogens is 361 g/mol. The van der Waals surface area contributed by atoms with Crippen molar-refractivity contribution in [1.29, 1.82) is 0 Å². The third-order valence-corrected chi connectivity index (χ3v) is 4.16. The summed E-state index contributed by atoms with van der Waals surface area (Å²) in [4.78, 5) is 24.7. The van der Waals surface area contributed by atoms with Crippen LogP contribution < -0.4 is 15.5 Å². The minimum Gasteiger partial charge on any atom is -0.338 e. The van der Waals surface area contributed by atoms with Crippen molar-refractivity contribution in [3.05, 3.63) is 42.2 Å². The van der Waals surface area contributed by atoms with Gasteiger partial charge in [0.15, 0.2) is 0 Å². The summed E-state index contributed by atoms with van der Waals surface area (Å²) in [6.45, 7) is 3.42. The number of nitrogens with one attached hydrogen (secondary N) is 2. The van der Waals surface area contributed by atoms with Gasteiger partial charge in [-0.3, -0.25) is 0 Å². The monoisotopic (exact) mass is 380 g/mol. The zero-order valence-corrected chi connectivity index (χ0v) is 14.6. The SMILES string of the molecule is CN1CCN(c2ncc(NC(=O)Nc3ccccc3C(F)(F)F)cn2)CC1. The summed E-state index contributed by atoms with van der Waals surface area (Å²) < 4.78 is 38.9. The van der Waals surface area contributed by atoms with E-state index in [9.17, 15) is 18.0 Å². The van der Waals surface area contributed by atoms with Crippen LogP contribution in [-0.2, 0) is 6.18 Å². The summed E-state index contributed by atoms with van der Waals surface area (Å²) in [7, 11) is 2.04. The lowest BCUT2D eigenvalue weighted by Gasteiger charge is -2.32. The first-order valence-electron chi connectivity index (χ1n) is 8.33. The fourth-order valence-corrected chi connectivity index (χ4v) is 2.68. The number of rotatable bonds is 3. The van der Waals surface area contributed by atoms with Gasteiger partial charge in [0.25, 0.3) is 0 Å². The van der Waals surface area contributed by atoms with Crippen LogP contribution in [0.2, 0.25) is 0 Å². The third-order valence-electron chi connectivity index (χ3n) is 4.16. The van der Waals surface area contributed by atoms with Gasteiger partial charge in [-0.25, -0.2) is 14.8 Å². The molecule has 2 heterocycles. The van der Waals surface area contributed by atoms with Gasteiger partial charge in [0, 0.05) is 26.2 Å². The molecule has 0 spiro atoms. The number of para-hydroxylation sites is 1. The van der Waals surface area contributed by atoms with Crippen molar-refractivity contribution in [3.8, 4) is 0 Å². The van der Waals surface area contributed by atoms with Crippen molar-refractivity contribution in [2.75, 3.05) is 48.8 Å². The lowest BCUT2D eigenvalue weighted by molar-refractivity contribution is -0.136. The molecule has 7 nitrogen and oxygen atoms in total. The van der Waals surface area contributed by atoms with Crippen molar-refractivity contribution in [3.63, 3.8) is 0 Å². The van der Waals surface area contributed by atoms with Crippen molar-refractivity contribution >= 4 is 23.4 Å². The first kappa shape index (κ1) is 18.9. The molecule has 0 unspecified atom stereocenters. The van der Waals surface area contributed by atoms with Gasteiger partial charge in [0.05, 0.1) is 29.3 Å². The molecular formula is C17H19F3N6O. The average Bonchev–Trinajstić information content (AvgIpc) is 2.62. The van der Waals surface area contributed by atoms with Gasteiger partial charge in [-0.05, 0) is 19.2 Å². The van der Waals surface area contributed by atoms with E-state index in [0.717, 1.165) is 32.2 Å². The number of amides is 2. The van der Waals surface area contributed by atoms with Crippen molar-refractivity contribution in [2.45, 2.75) is 6.18 Å². The van der Waals surface area contributed by atoms with E-state index in [4.69, 9.17) is 0 Å². The van der Waals surface area contributed by atoms with Gasteiger partial charge in [-0.15, -0.1) is 0 Å². The normalized spacial score (nSPS) is 15.5. The van der Waals surface area contributed by atoms with E-state index >= 15 is 0 Å². The number of carbonyl (C=O) groups excluding carboxylic acids is 1. The zero-order chi connectivity index (χ0) is 19.4. The molecule has 27 heavy (non-hydrogen) atoms. The Labute approximate surface area is 154 Å². The number of hydrogen-bond donors (Lipinski definition) is 2. The van der Waals surface area contributed by atoms with Gasteiger partial charge in [0.1, 0.15) is 0 Å². The quantitative estimate of drug-likeness (QED) is 0.857. The summed E-state index contributed by atoms with van der Waals surface area (Å²) in [5.41, 5.74) is -0.950. The Morgan fingerprint density at radius 2 is 1.67 bits per heavy atom. The molecule has 0 radical (unpaired) electrons. The van der Waals surface area contributed by atoms with Crippen LogP contribution in [0.25, 0.3) is 0 Å². The van der Waals surface area contributed by atoms with E-state index in [0.29, 0.717) is 5.95 Å². The molecule has 0 saturated carbocycles. The summed E-state index contributed by atoms with van der Waals surface area (Å²) in [5.74, 6) is 0.552. The van der Waals surface area contributed by atoms with Crippen LogP contribution in [0.5, 0.6) is 0 Å². The Hall–Kier alpha value is -2.88. The van der Waals surface area contributed by atoms with Crippen LogP contribution in [0.4, 0.5) is 35.3 Å². The van der Waals surface area contributed by atoms with E-state index in [1.807, 2.05) is 11.9 Å². The summed E-state index contributed by atoms with van der Waals surface area (Å²) in [6, 6.07) is 3.97. The Bertz CT molecular complexity index is 788. The zero-order valence-electron chi connectivity index (χ0n) is 14.6. The molecule has 10 heteroatoms. The highest BCUT2D eigenvalue weighted by Gasteiger charge is 2.33. The number of likely N-dealkylation sites (N-methyl/N-ethyl adjacent to an activating group) is 1. The van der Waals surface area contributed by atoms with Crippen LogP contribution in [0.1, 0.15) is 5.56 Å². The molecule has 144 valence electrons. The number of aromatic nitrogens is 2. The fraction of sp³-hybridized carbons (Fsp3) is 0.353. The second-order valence-electron chi connectivity index (χ2n) is 6.18.